The van der Waals surface area contributed by atoms with Crippen LogP contribution in [-0.2, 0) is 9.84 Å². The molecule has 0 spiro atoms. The Morgan fingerprint density at radius 3 is 2.48 bits per heavy atom. The number of nitro benzene ring substituents is 1. The van der Waals surface area contributed by atoms with Crippen molar-refractivity contribution in [1.82, 2.24) is 0 Å². The van der Waals surface area contributed by atoms with Crippen molar-refractivity contribution in [1.29, 1.82) is 0 Å². The molecule has 0 saturated carbocycles. The summed E-state index contributed by atoms with van der Waals surface area (Å²) in [6, 6.07) is 5.05. The van der Waals surface area contributed by atoms with E-state index in [1.807, 2.05) is 4.90 Å². The van der Waals surface area contributed by atoms with E-state index < -0.39 is 9.84 Å². The summed E-state index contributed by atoms with van der Waals surface area (Å²) in [5.74, 6) is 0.615. The summed E-state index contributed by atoms with van der Waals surface area (Å²) in [5, 5.41) is 11.4. The van der Waals surface area contributed by atoms with Crippen LogP contribution >= 0.6 is 15.9 Å². The molecule has 0 radical (unpaired) electrons. The fourth-order valence-corrected chi connectivity index (χ4v) is 4.73. The highest BCUT2D eigenvalue weighted by Gasteiger charge is 2.31. The van der Waals surface area contributed by atoms with Crippen LogP contribution in [0.1, 0.15) is 26.7 Å². The van der Waals surface area contributed by atoms with Crippen LogP contribution in [0, 0.1) is 16.0 Å². The molecule has 0 amide bonds. The molecular weight excluding hydrogens is 384 g/mol. The molecule has 1 aromatic carbocycles. The van der Waals surface area contributed by atoms with Crippen LogP contribution in [0.15, 0.2) is 22.7 Å². The van der Waals surface area contributed by atoms with Crippen LogP contribution in [0.2, 0.25) is 0 Å². The van der Waals surface area contributed by atoms with Gasteiger partial charge in [-0.25, -0.2) is 8.42 Å². The predicted octanol–water partition coefficient (Wildman–Crippen LogP) is 3.40. The summed E-state index contributed by atoms with van der Waals surface area (Å²) in [6.07, 6.45) is 1.03. The molecule has 1 fully saturated rings. The van der Waals surface area contributed by atoms with E-state index in [-0.39, 0.29) is 28.2 Å². The van der Waals surface area contributed by atoms with Crippen LogP contribution < -0.4 is 4.90 Å². The van der Waals surface area contributed by atoms with Crippen molar-refractivity contribution in [2.75, 3.05) is 23.0 Å². The van der Waals surface area contributed by atoms with E-state index in [0.29, 0.717) is 35.5 Å². The molecule has 1 saturated heterocycles. The van der Waals surface area contributed by atoms with E-state index in [4.69, 9.17) is 0 Å². The molecule has 0 aromatic heterocycles. The normalized spacial score (nSPS) is 18.1. The topological polar surface area (TPSA) is 80.5 Å². The summed E-state index contributed by atoms with van der Waals surface area (Å²) in [4.78, 5) is 13.0. The maximum absolute atomic E-state index is 11.7. The van der Waals surface area contributed by atoms with Gasteiger partial charge in [-0.15, -0.1) is 0 Å². The molecule has 1 aliphatic heterocycles. The number of benzene rings is 1. The molecule has 128 valence electrons. The van der Waals surface area contributed by atoms with E-state index in [9.17, 15) is 18.5 Å². The second kappa shape index (κ2) is 7.17. The summed E-state index contributed by atoms with van der Waals surface area (Å²) >= 11 is 3.27. The van der Waals surface area contributed by atoms with Crippen molar-refractivity contribution in [2.24, 2.45) is 5.92 Å². The number of rotatable bonds is 5. The van der Waals surface area contributed by atoms with Gasteiger partial charge < -0.3 is 4.90 Å². The van der Waals surface area contributed by atoms with Crippen molar-refractivity contribution in [3.63, 3.8) is 0 Å². The Kier molecular flexibility index (Phi) is 5.67. The molecule has 6 nitrogen and oxygen atoms in total. The zero-order valence-electron chi connectivity index (χ0n) is 13.2. The smallest absolute Gasteiger partial charge is 0.293 e. The molecule has 0 unspecified atom stereocenters. The fraction of sp³-hybridized carbons (Fsp3) is 0.600. The molecular formula is C15H21BrN2O4S. The molecule has 0 N–H and O–H groups in total. The highest BCUT2D eigenvalue weighted by molar-refractivity contribution is 9.10. The molecule has 1 aromatic rings. The van der Waals surface area contributed by atoms with Gasteiger partial charge in [0.1, 0.15) is 15.5 Å². The Hall–Kier alpha value is -1.15. The Balaban J connectivity index is 2.38. The predicted molar refractivity (Wildman–Crippen MR) is 94.7 cm³/mol. The average molecular weight is 405 g/mol. The molecule has 0 aliphatic carbocycles. The summed E-state index contributed by atoms with van der Waals surface area (Å²) < 4.78 is 24.0. The first-order valence-electron chi connectivity index (χ1n) is 7.60. The first kappa shape index (κ1) is 18.2. The van der Waals surface area contributed by atoms with Crippen LogP contribution in [0.5, 0.6) is 0 Å². The Morgan fingerprint density at radius 1 is 1.35 bits per heavy atom. The number of hydrogen-bond donors (Lipinski definition) is 0. The van der Waals surface area contributed by atoms with Gasteiger partial charge in [0.15, 0.2) is 0 Å². The summed E-state index contributed by atoms with van der Waals surface area (Å²) in [7, 11) is -2.96. The van der Waals surface area contributed by atoms with Gasteiger partial charge >= 0.3 is 0 Å². The Morgan fingerprint density at radius 2 is 1.96 bits per heavy atom. The maximum atomic E-state index is 11.7. The van der Waals surface area contributed by atoms with Gasteiger partial charge in [-0.05, 0) is 30.9 Å². The lowest BCUT2D eigenvalue weighted by Crippen LogP contribution is -2.43. The first-order valence-corrected chi connectivity index (χ1v) is 10.2. The minimum atomic E-state index is -2.96. The number of halogens is 1. The lowest BCUT2D eigenvalue weighted by Gasteiger charge is -2.36. The van der Waals surface area contributed by atoms with Gasteiger partial charge in [0.25, 0.3) is 5.69 Å². The van der Waals surface area contributed by atoms with Crippen LogP contribution in [-0.4, -0.2) is 37.4 Å². The van der Waals surface area contributed by atoms with Gasteiger partial charge in [-0.2, -0.15) is 0 Å². The molecule has 8 heteroatoms. The minimum Gasteiger partial charge on any atom is -0.363 e. The largest absolute Gasteiger partial charge is 0.363 e. The van der Waals surface area contributed by atoms with Crippen molar-refractivity contribution >= 4 is 37.1 Å². The third-order valence-electron chi connectivity index (χ3n) is 3.97. The second-order valence-electron chi connectivity index (χ2n) is 6.32. The van der Waals surface area contributed by atoms with Crippen LogP contribution in [0.4, 0.5) is 11.4 Å². The van der Waals surface area contributed by atoms with Crippen LogP contribution in [0.3, 0.4) is 0 Å². The van der Waals surface area contributed by atoms with E-state index in [0.717, 1.165) is 0 Å². The zero-order valence-corrected chi connectivity index (χ0v) is 15.6. The van der Waals surface area contributed by atoms with Gasteiger partial charge in [0.2, 0.25) is 0 Å². The van der Waals surface area contributed by atoms with Gasteiger partial charge in [0.05, 0.1) is 16.4 Å². The molecule has 0 atom stereocenters. The maximum Gasteiger partial charge on any atom is 0.293 e. The fourth-order valence-electron chi connectivity index (χ4n) is 2.91. The molecule has 23 heavy (non-hydrogen) atoms. The van der Waals surface area contributed by atoms with Crippen molar-refractivity contribution < 1.29 is 13.3 Å². The number of hydrogen-bond acceptors (Lipinski definition) is 5. The average Bonchev–Trinajstić information content (AvgIpc) is 2.45. The highest BCUT2D eigenvalue weighted by Crippen LogP contribution is 2.35. The van der Waals surface area contributed by atoms with E-state index in [1.54, 1.807) is 12.1 Å². The van der Waals surface area contributed by atoms with E-state index in [2.05, 4.69) is 29.8 Å². The first-order chi connectivity index (χ1) is 10.7. The van der Waals surface area contributed by atoms with E-state index in [1.165, 1.54) is 6.07 Å². The minimum absolute atomic E-state index is 0.0146. The number of nitro groups is 1. The van der Waals surface area contributed by atoms with Gasteiger partial charge in [-0.3, -0.25) is 10.1 Å². The number of nitrogens with zero attached hydrogens (tertiary/aromatic N) is 2. The summed E-state index contributed by atoms with van der Waals surface area (Å²) in [6.45, 7) is 4.77. The molecule has 1 aliphatic rings. The van der Waals surface area contributed by atoms with Crippen LogP contribution in [0.25, 0.3) is 0 Å². The molecule has 0 bridgehead atoms. The number of sulfone groups is 1. The quantitative estimate of drug-likeness (QED) is 0.554. The van der Waals surface area contributed by atoms with Crippen molar-refractivity contribution in [3.05, 3.63) is 32.8 Å². The monoisotopic (exact) mass is 404 g/mol. The zero-order chi connectivity index (χ0) is 17.2. The number of anilines is 1. The third kappa shape index (κ3) is 4.67. The second-order valence-corrected chi connectivity index (χ2v) is 9.54. The lowest BCUT2D eigenvalue weighted by molar-refractivity contribution is -0.384. The highest BCUT2D eigenvalue weighted by atomic mass is 79.9. The summed E-state index contributed by atoms with van der Waals surface area (Å²) in [5.41, 5.74) is 0.615. The lowest BCUT2D eigenvalue weighted by atomic mass is 10.0. The Bertz CT molecular complexity index is 677. The van der Waals surface area contributed by atoms with Gasteiger partial charge in [0, 0.05) is 23.1 Å². The van der Waals surface area contributed by atoms with Gasteiger partial charge in [-0.1, -0.05) is 29.8 Å². The van der Waals surface area contributed by atoms with Crippen molar-refractivity contribution in [2.45, 2.75) is 32.7 Å². The Labute approximate surface area is 145 Å². The standard InChI is InChI=1S/C15H21BrN2O4S/c1-11(2)10-17(13-5-7-23(21,22)8-6-13)14-4-3-12(16)9-15(14)18(19)20/h3-4,9,11,13H,5-8,10H2,1-2H3. The molecule has 1 heterocycles. The molecule has 2 rings (SSSR count). The van der Waals surface area contributed by atoms with Crippen molar-refractivity contribution in [3.8, 4) is 0 Å². The third-order valence-corrected chi connectivity index (χ3v) is 6.18. The van der Waals surface area contributed by atoms with E-state index >= 15 is 0 Å². The SMILES string of the molecule is CC(C)CN(c1ccc(Br)cc1[N+](=O)[O-])C1CCS(=O)(=O)CC1.